The zero-order chi connectivity index (χ0) is 13.2. The summed E-state index contributed by atoms with van der Waals surface area (Å²) in [6.07, 6.45) is 6.36. The van der Waals surface area contributed by atoms with Crippen molar-refractivity contribution in [2.24, 2.45) is 0 Å². The SMILES string of the molecule is Cc1ccccc1C(=O)Cn1cnc2c1CCCC2. The number of rotatable bonds is 3. The molecule has 1 heterocycles. The lowest BCUT2D eigenvalue weighted by atomic mass is 10.0. The molecule has 0 fully saturated rings. The lowest BCUT2D eigenvalue weighted by Gasteiger charge is -2.14. The average Bonchev–Trinajstić information content (AvgIpc) is 2.83. The number of nitrogens with zero attached hydrogens (tertiary/aromatic N) is 2. The Bertz CT molecular complexity index is 613. The molecule has 0 N–H and O–H groups in total. The van der Waals surface area contributed by atoms with E-state index in [1.54, 1.807) is 0 Å². The van der Waals surface area contributed by atoms with Crippen LogP contribution in [-0.4, -0.2) is 15.3 Å². The van der Waals surface area contributed by atoms with E-state index >= 15 is 0 Å². The van der Waals surface area contributed by atoms with E-state index in [0.717, 1.165) is 24.0 Å². The van der Waals surface area contributed by atoms with Gasteiger partial charge in [0.1, 0.15) is 0 Å². The third-order valence-corrected chi connectivity index (χ3v) is 3.87. The molecule has 1 aromatic heterocycles. The molecule has 0 saturated carbocycles. The van der Waals surface area contributed by atoms with Crippen molar-refractivity contribution in [2.75, 3.05) is 0 Å². The van der Waals surface area contributed by atoms with Gasteiger partial charge >= 0.3 is 0 Å². The number of hydrogen-bond acceptors (Lipinski definition) is 2. The highest BCUT2D eigenvalue weighted by Crippen LogP contribution is 2.20. The molecule has 0 amide bonds. The number of aryl methyl sites for hydroxylation is 2. The predicted molar refractivity (Wildman–Crippen MR) is 74.4 cm³/mol. The van der Waals surface area contributed by atoms with Crippen LogP contribution in [0.4, 0.5) is 0 Å². The van der Waals surface area contributed by atoms with Gasteiger partial charge < -0.3 is 4.57 Å². The largest absolute Gasteiger partial charge is 0.327 e. The Morgan fingerprint density at radius 2 is 2.05 bits per heavy atom. The summed E-state index contributed by atoms with van der Waals surface area (Å²) >= 11 is 0. The monoisotopic (exact) mass is 254 g/mol. The maximum absolute atomic E-state index is 12.4. The van der Waals surface area contributed by atoms with Gasteiger partial charge in [-0.05, 0) is 38.2 Å². The molecule has 0 spiro atoms. The zero-order valence-corrected chi connectivity index (χ0v) is 11.2. The normalized spacial score (nSPS) is 14.2. The van der Waals surface area contributed by atoms with Crippen molar-refractivity contribution in [1.29, 1.82) is 0 Å². The molecule has 3 heteroatoms. The minimum Gasteiger partial charge on any atom is -0.327 e. The van der Waals surface area contributed by atoms with Gasteiger partial charge in [-0.25, -0.2) is 4.98 Å². The minimum atomic E-state index is 0.170. The van der Waals surface area contributed by atoms with E-state index in [1.165, 1.54) is 24.2 Å². The highest BCUT2D eigenvalue weighted by molar-refractivity contribution is 5.97. The van der Waals surface area contributed by atoms with Crippen LogP contribution >= 0.6 is 0 Å². The molecule has 1 aliphatic rings. The van der Waals surface area contributed by atoms with E-state index in [1.807, 2.05) is 42.1 Å². The fourth-order valence-electron chi connectivity index (χ4n) is 2.79. The molecule has 0 bridgehead atoms. The van der Waals surface area contributed by atoms with E-state index in [9.17, 15) is 4.79 Å². The van der Waals surface area contributed by atoms with Crippen molar-refractivity contribution in [3.63, 3.8) is 0 Å². The fourth-order valence-corrected chi connectivity index (χ4v) is 2.79. The molecule has 0 saturated heterocycles. The first-order valence-corrected chi connectivity index (χ1v) is 6.87. The van der Waals surface area contributed by atoms with Crippen LogP contribution in [0, 0.1) is 6.92 Å². The number of Topliss-reactive ketones (excluding diaryl/α,β-unsaturated/α-hetero) is 1. The Labute approximate surface area is 113 Å². The van der Waals surface area contributed by atoms with Crippen LogP contribution in [0.15, 0.2) is 30.6 Å². The number of carbonyl (C=O) groups is 1. The second-order valence-electron chi connectivity index (χ2n) is 5.21. The first-order chi connectivity index (χ1) is 9.25. The van der Waals surface area contributed by atoms with E-state index in [2.05, 4.69) is 4.98 Å². The summed E-state index contributed by atoms with van der Waals surface area (Å²) in [5.74, 6) is 0.170. The van der Waals surface area contributed by atoms with Crippen LogP contribution in [0.2, 0.25) is 0 Å². The molecule has 98 valence electrons. The number of fused-ring (bicyclic) bond motifs is 1. The second kappa shape index (κ2) is 5.00. The highest BCUT2D eigenvalue weighted by Gasteiger charge is 2.17. The summed E-state index contributed by atoms with van der Waals surface area (Å²) in [4.78, 5) is 16.8. The van der Waals surface area contributed by atoms with Gasteiger partial charge in [-0.2, -0.15) is 0 Å². The highest BCUT2D eigenvalue weighted by atomic mass is 16.1. The van der Waals surface area contributed by atoms with Crippen LogP contribution in [-0.2, 0) is 19.4 Å². The molecule has 3 nitrogen and oxygen atoms in total. The summed E-state index contributed by atoms with van der Waals surface area (Å²) in [5.41, 5.74) is 4.30. The number of imidazole rings is 1. The van der Waals surface area contributed by atoms with Crippen LogP contribution in [0.1, 0.15) is 40.2 Å². The lowest BCUT2D eigenvalue weighted by molar-refractivity contribution is 0.0970. The predicted octanol–water partition coefficient (Wildman–Crippen LogP) is 2.95. The molecule has 0 atom stereocenters. The van der Waals surface area contributed by atoms with Crippen LogP contribution < -0.4 is 0 Å². The molecule has 0 aliphatic heterocycles. The maximum Gasteiger partial charge on any atom is 0.182 e. The van der Waals surface area contributed by atoms with Crippen LogP contribution in [0.5, 0.6) is 0 Å². The Morgan fingerprint density at radius 1 is 1.26 bits per heavy atom. The van der Waals surface area contributed by atoms with Crippen molar-refractivity contribution in [3.05, 3.63) is 53.1 Å². The zero-order valence-electron chi connectivity index (χ0n) is 11.2. The molecular weight excluding hydrogens is 236 g/mol. The van der Waals surface area contributed by atoms with E-state index in [-0.39, 0.29) is 5.78 Å². The van der Waals surface area contributed by atoms with E-state index < -0.39 is 0 Å². The quantitative estimate of drug-likeness (QED) is 0.789. The molecule has 1 aliphatic carbocycles. The van der Waals surface area contributed by atoms with Crippen molar-refractivity contribution in [2.45, 2.75) is 39.2 Å². The minimum absolute atomic E-state index is 0.170. The van der Waals surface area contributed by atoms with Gasteiger partial charge in [0.05, 0.1) is 18.6 Å². The third-order valence-electron chi connectivity index (χ3n) is 3.87. The second-order valence-corrected chi connectivity index (χ2v) is 5.21. The van der Waals surface area contributed by atoms with Gasteiger partial charge in [0.2, 0.25) is 0 Å². The number of ketones is 1. The average molecular weight is 254 g/mol. The molecule has 2 aromatic rings. The number of carbonyl (C=O) groups excluding carboxylic acids is 1. The molecule has 0 unspecified atom stereocenters. The first kappa shape index (κ1) is 12.2. The van der Waals surface area contributed by atoms with Gasteiger partial charge in [-0.1, -0.05) is 24.3 Å². The van der Waals surface area contributed by atoms with Gasteiger partial charge in [-0.3, -0.25) is 4.79 Å². The van der Waals surface area contributed by atoms with Crippen LogP contribution in [0.25, 0.3) is 0 Å². The Kier molecular flexibility index (Phi) is 3.20. The van der Waals surface area contributed by atoms with Crippen molar-refractivity contribution >= 4 is 5.78 Å². The summed E-state index contributed by atoms with van der Waals surface area (Å²) < 4.78 is 2.03. The maximum atomic E-state index is 12.4. The summed E-state index contributed by atoms with van der Waals surface area (Å²) in [6, 6.07) is 7.77. The van der Waals surface area contributed by atoms with Gasteiger partial charge in [0.25, 0.3) is 0 Å². The van der Waals surface area contributed by atoms with Crippen molar-refractivity contribution < 1.29 is 4.79 Å². The first-order valence-electron chi connectivity index (χ1n) is 6.87. The Morgan fingerprint density at radius 3 is 2.89 bits per heavy atom. The molecular formula is C16H18N2O. The Balaban J connectivity index is 1.84. The van der Waals surface area contributed by atoms with Crippen molar-refractivity contribution in [3.8, 4) is 0 Å². The number of aromatic nitrogens is 2. The summed E-state index contributed by atoms with van der Waals surface area (Å²) in [7, 11) is 0. The molecule has 0 radical (unpaired) electrons. The Hall–Kier alpha value is -1.90. The molecule has 3 rings (SSSR count). The summed E-state index contributed by atoms with van der Waals surface area (Å²) in [6.45, 7) is 2.39. The lowest BCUT2D eigenvalue weighted by Crippen LogP contribution is -2.15. The number of benzene rings is 1. The van der Waals surface area contributed by atoms with Crippen LogP contribution in [0.3, 0.4) is 0 Å². The van der Waals surface area contributed by atoms with Gasteiger partial charge in [-0.15, -0.1) is 0 Å². The smallest absolute Gasteiger partial charge is 0.182 e. The third kappa shape index (κ3) is 2.33. The fraction of sp³-hybridized carbons (Fsp3) is 0.375. The molecule has 1 aromatic carbocycles. The van der Waals surface area contributed by atoms with Gasteiger partial charge in [0.15, 0.2) is 5.78 Å². The number of hydrogen-bond donors (Lipinski definition) is 0. The summed E-state index contributed by atoms with van der Waals surface area (Å²) in [5, 5.41) is 0. The topological polar surface area (TPSA) is 34.9 Å². The van der Waals surface area contributed by atoms with Gasteiger partial charge in [0, 0.05) is 11.3 Å². The standard InChI is InChI=1S/C16H18N2O/c1-12-6-2-3-7-13(12)16(19)10-18-11-17-14-8-4-5-9-15(14)18/h2-3,6-7,11H,4-5,8-10H2,1H3. The van der Waals surface area contributed by atoms with E-state index in [4.69, 9.17) is 0 Å². The molecule has 19 heavy (non-hydrogen) atoms. The van der Waals surface area contributed by atoms with E-state index in [0.29, 0.717) is 6.54 Å². The van der Waals surface area contributed by atoms with Crippen molar-refractivity contribution in [1.82, 2.24) is 9.55 Å².